The molecule has 6 N–H and O–H groups in total. The number of hydrogen-bond donors (Lipinski definition) is 6. The summed E-state index contributed by atoms with van der Waals surface area (Å²) in [6, 6.07) is 0. The number of allylic oxidation sites excluding steroid dienone is 1. The van der Waals surface area contributed by atoms with E-state index in [1.165, 1.54) is 0 Å². The van der Waals surface area contributed by atoms with E-state index < -0.39 is 40.3 Å². The van der Waals surface area contributed by atoms with Gasteiger partial charge in [0.15, 0.2) is 5.78 Å². The largest absolute Gasteiger partial charge is 0.396 e. The molecule has 4 rings (SSSR count). The Morgan fingerprint density at radius 1 is 1.11 bits per heavy atom. The van der Waals surface area contributed by atoms with Crippen molar-refractivity contribution in [1.82, 2.24) is 0 Å². The molecule has 0 aromatic rings. The Hall–Kier alpha value is -0.830. The fourth-order valence-electron chi connectivity index (χ4n) is 8.95. The molecule has 0 bridgehead atoms. The molecule has 3 saturated carbocycles. The van der Waals surface area contributed by atoms with Crippen molar-refractivity contribution in [2.75, 3.05) is 6.61 Å². The maximum absolute atomic E-state index is 13.3. The van der Waals surface area contributed by atoms with E-state index in [1.807, 2.05) is 13.8 Å². The van der Waals surface area contributed by atoms with Gasteiger partial charge in [-0.05, 0) is 99.0 Å². The van der Waals surface area contributed by atoms with E-state index in [2.05, 4.69) is 13.8 Å². The molecular formula is C29H48O7. The molecule has 0 aromatic carbocycles. The molecule has 0 heterocycles. The van der Waals surface area contributed by atoms with E-state index in [1.54, 1.807) is 13.0 Å². The van der Waals surface area contributed by atoms with Crippen LogP contribution in [0.1, 0.15) is 86.0 Å². The van der Waals surface area contributed by atoms with E-state index in [0.717, 1.165) is 12.0 Å². The maximum atomic E-state index is 13.3. The lowest BCUT2D eigenvalue weighted by Gasteiger charge is -2.60. The van der Waals surface area contributed by atoms with Crippen LogP contribution in [-0.4, -0.2) is 72.5 Å². The van der Waals surface area contributed by atoms with Crippen molar-refractivity contribution in [3.8, 4) is 0 Å². The third kappa shape index (κ3) is 4.04. The highest BCUT2D eigenvalue weighted by molar-refractivity contribution is 5.95. The molecule has 206 valence electrons. The fourth-order valence-corrected chi connectivity index (χ4v) is 8.95. The first-order valence-electron chi connectivity index (χ1n) is 14.0. The van der Waals surface area contributed by atoms with Gasteiger partial charge in [-0.3, -0.25) is 4.79 Å². The maximum Gasteiger partial charge on any atom is 0.159 e. The lowest BCUT2D eigenvalue weighted by Crippen LogP contribution is -2.63. The van der Waals surface area contributed by atoms with Crippen molar-refractivity contribution in [1.29, 1.82) is 0 Å². The second-order valence-electron chi connectivity index (χ2n) is 13.6. The van der Waals surface area contributed by atoms with Gasteiger partial charge in [0.2, 0.25) is 0 Å². The summed E-state index contributed by atoms with van der Waals surface area (Å²) in [5.41, 5.74) is -3.26. The molecule has 4 aliphatic carbocycles. The number of rotatable bonds is 7. The molecule has 0 amide bonds. The smallest absolute Gasteiger partial charge is 0.159 e. The number of carbonyl (C=O) groups excluding carboxylic acids is 1. The van der Waals surface area contributed by atoms with Gasteiger partial charge in [-0.2, -0.15) is 0 Å². The van der Waals surface area contributed by atoms with Crippen LogP contribution in [0.25, 0.3) is 0 Å². The Kier molecular flexibility index (Phi) is 7.38. The quantitative estimate of drug-likeness (QED) is 0.310. The summed E-state index contributed by atoms with van der Waals surface area (Å²) in [6.45, 7) is 9.84. The Labute approximate surface area is 215 Å². The Morgan fingerprint density at radius 3 is 2.39 bits per heavy atom. The van der Waals surface area contributed by atoms with Gasteiger partial charge in [-0.25, -0.2) is 0 Å². The average molecular weight is 509 g/mol. The molecule has 11 atom stereocenters. The van der Waals surface area contributed by atoms with Gasteiger partial charge in [-0.15, -0.1) is 0 Å². The van der Waals surface area contributed by atoms with Crippen molar-refractivity contribution < 1.29 is 35.4 Å². The van der Waals surface area contributed by atoms with Gasteiger partial charge in [0.25, 0.3) is 0 Å². The molecule has 4 aliphatic rings. The summed E-state index contributed by atoms with van der Waals surface area (Å²) in [5, 5.41) is 65.6. The highest BCUT2D eigenvalue weighted by Crippen LogP contribution is 2.68. The van der Waals surface area contributed by atoms with Gasteiger partial charge in [0.05, 0.1) is 29.5 Å². The lowest BCUT2D eigenvalue weighted by molar-refractivity contribution is -0.177. The molecule has 0 spiro atoms. The minimum Gasteiger partial charge on any atom is -0.396 e. The summed E-state index contributed by atoms with van der Waals surface area (Å²) < 4.78 is 0. The zero-order chi connectivity index (χ0) is 26.8. The predicted molar refractivity (Wildman–Crippen MR) is 136 cm³/mol. The number of aliphatic hydroxyl groups excluding tert-OH is 4. The molecule has 7 heteroatoms. The number of carbonyl (C=O) groups is 1. The van der Waals surface area contributed by atoms with Crippen molar-refractivity contribution in [3.63, 3.8) is 0 Å². The minimum absolute atomic E-state index is 0.0354. The highest BCUT2D eigenvalue weighted by atomic mass is 16.3. The van der Waals surface area contributed by atoms with Crippen LogP contribution < -0.4 is 0 Å². The van der Waals surface area contributed by atoms with Crippen LogP contribution in [0.5, 0.6) is 0 Å². The number of fused-ring (bicyclic) bond motifs is 5. The summed E-state index contributed by atoms with van der Waals surface area (Å²) >= 11 is 0. The van der Waals surface area contributed by atoms with Crippen molar-refractivity contribution in [2.24, 2.45) is 40.4 Å². The van der Waals surface area contributed by atoms with Crippen molar-refractivity contribution in [3.05, 3.63) is 11.6 Å². The number of aliphatic hydroxyl groups is 6. The molecule has 36 heavy (non-hydrogen) atoms. The van der Waals surface area contributed by atoms with E-state index in [-0.39, 0.29) is 48.4 Å². The SMILES string of the molecule is CC(C)[C@H](CCO)C[C@@H](O)[C@](C)(O)[C@H]1CC[C@@]2(O)C3=CC(=O)[C@@H]4C[C@@H](O)[C@@H](O)C[C@]4(C)C3CC[C@]12C. The predicted octanol–water partition coefficient (Wildman–Crippen LogP) is 2.35. The van der Waals surface area contributed by atoms with Crippen LogP contribution in [0.3, 0.4) is 0 Å². The summed E-state index contributed by atoms with van der Waals surface area (Å²) in [4.78, 5) is 13.3. The van der Waals surface area contributed by atoms with Crippen molar-refractivity contribution in [2.45, 2.75) is 115 Å². The second kappa shape index (κ2) is 9.42. The first kappa shape index (κ1) is 28.2. The Bertz CT molecular complexity index is 883. The van der Waals surface area contributed by atoms with Gasteiger partial charge in [-0.1, -0.05) is 27.7 Å². The van der Waals surface area contributed by atoms with Crippen LogP contribution in [0.2, 0.25) is 0 Å². The second-order valence-corrected chi connectivity index (χ2v) is 13.6. The first-order valence-corrected chi connectivity index (χ1v) is 14.0. The van der Waals surface area contributed by atoms with Gasteiger partial charge >= 0.3 is 0 Å². The normalized spacial score (nSPS) is 45.8. The van der Waals surface area contributed by atoms with E-state index in [0.29, 0.717) is 38.5 Å². The average Bonchev–Trinajstić information content (AvgIpc) is 3.07. The topological polar surface area (TPSA) is 138 Å². The summed E-state index contributed by atoms with van der Waals surface area (Å²) in [5.74, 6) is -0.586. The molecule has 0 radical (unpaired) electrons. The zero-order valence-corrected chi connectivity index (χ0v) is 22.7. The minimum atomic E-state index is -1.44. The molecule has 0 aromatic heterocycles. The summed E-state index contributed by atoms with van der Waals surface area (Å²) in [7, 11) is 0. The number of ketones is 1. The van der Waals surface area contributed by atoms with E-state index >= 15 is 0 Å². The third-order valence-corrected chi connectivity index (χ3v) is 11.5. The fraction of sp³-hybridized carbons (Fsp3) is 0.897. The van der Waals surface area contributed by atoms with Crippen LogP contribution in [0, 0.1) is 40.4 Å². The number of hydrogen-bond acceptors (Lipinski definition) is 7. The Morgan fingerprint density at radius 2 is 1.78 bits per heavy atom. The van der Waals surface area contributed by atoms with Crippen LogP contribution in [0.15, 0.2) is 11.6 Å². The lowest BCUT2D eigenvalue weighted by atomic mass is 9.45. The molecular weight excluding hydrogens is 460 g/mol. The van der Waals surface area contributed by atoms with Crippen LogP contribution >= 0.6 is 0 Å². The Balaban J connectivity index is 1.65. The third-order valence-electron chi connectivity index (χ3n) is 11.5. The van der Waals surface area contributed by atoms with Gasteiger partial charge in [0, 0.05) is 17.9 Å². The molecule has 7 nitrogen and oxygen atoms in total. The van der Waals surface area contributed by atoms with Gasteiger partial charge < -0.3 is 30.6 Å². The molecule has 0 saturated heterocycles. The zero-order valence-electron chi connectivity index (χ0n) is 22.7. The first-order chi connectivity index (χ1) is 16.6. The molecule has 3 fully saturated rings. The van der Waals surface area contributed by atoms with Crippen LogP contribution in [-0.2, 0) is 4.79 Å². The monoisotopic (exact) mass is 508 g/mol. The van der Waals surface area contributed by atoms with E-state index in [9.17, 15) is 35.4 Å². The van der Waals surface area contributed by atoms with Crippen LogP contribution in [0.4, 0.5) is 0 Å². The summed E-state index contributed by atoms with van der Waals surface area (Å²) in [6.07, 6.45) is 2.60. The molecule has 1 unspecified atom stereocenters. The van der Waals surface area contributed by atoms with Crippen molar-refractivity contribution >= 4 is 5.78 Å². The van der Waals surface area contributed by atoms with E-state index in [4.69, 9.17) is 0 Å². The highest BCUT2D eigenvalue weighted by Gasteiger charge is 2.69. The van der Waals surface area contributed by atoms with Gasteiger partial charge in [0.1, 0.15) is 0 Å². The molecule has 0 aliphatic heterocycles. The standard InChI is InChI=1S/C29H48O7/c1-16(2)17(8-11-30)12-25(34)28(5,35)24-7-10-29(36)19-13-21(31)20-14-22(32)23(33)15-26(20,3)18(19)6-9-27(24,29)4/h13,16-18,20,22-25,30,32-36H,6-12,14-15H2,1-5H3/t17-,18?,20+,22-,23+,24+,25-,26-,27-,28-,29-/m1/s1.